The van der Waals surface area contributed by atoms with E-state index in [4.69, 9.17) is 11.6 Å². The van der Waals surface area contributed by atoms with Gasteiger partial charge in [-0.15, -0.1) is 5.10 Å². The molecule has 29 heavy (non-hydrogen) atoms. The average Bonchev–Trinajstić information content (AvgIpc) is 3.31. The van der Waals surface area contributed by atoms with Crippen LogP contribution < -0.4 is 10.2 Å². The lowest BCUT2D eigenvalue weighted by Gasteiger charge is -2.20. The Balaban J connectivity index is 1.67. The molecule has 1 saturated heterocycles. The first-order valence-electron chi connectivity index (χ1n) is 8.90. The molecule has 0 bridgehead atoms. The minimum Gasteiger partial charge on any atom is -0.319 e. The van der Waals surface area contributed by atoms with Gasteiger partial charge in [-0.25, -0.2) is 4.39 Å². The van der Waals surface area contributed by atoms with Crippen LogP contribution in [-0.2, 0) is 4.79 Å². The molecule has 2 amide bonds. The summed E-state index contributed by atoms with van der Waals surface area (Å²) in [5.74, 6) is -0.730. The van der Waals surface area contributed by atoms with Crippen molar-refractivity contribution < 1.29 is 14.0 Å². The molecule has 0 spiro atoms. The van der Waals surface area contributed by atoms with Crippen LogP contribution in [-0.4, -0.2) is 38.6 Å². The van der Waals surface area contributed by atoms with E-state index in [-0.39, 0.29) is 17.2 Å². The third kappa shape index (κ3) is 3.68. The summed E-state index contributed by atoms with van der Waals surface area (Å²) in [6.07, 6.45) is 1.11. The first kappa shape index (κ1) is 19.0. The molecule has 0 radical (unpaired) electrons. The summed E-state index contributed by atoms with van der Waals surface area (Å²) in [5, 5.41) is 14.2. The highest BCUT2D eigenvalue weighted by atomic mass is 35.5. The predicted octanol–water partition coefficient (Wildman–Crippen LogP) is 3.14. The fraction of sp³-hybridized carbons (Fsp3) is 0.211. The van der Waals surface area contributed by atoms with E-state index in [9.17, 15) is 14.0 Å². The number of aromatic nitrogens is 4. The summed E-state index contributed by atoms with van der Waals surface area (Å²) in [5.41, 5.74) is 1.10. The Hall–Kier alpha value is -3.33. The van der Waals surface area contributed by atoms with E-state index in [1.165, 1.54) is 33.8 Å². The van der Waals surface area contributed by atoms with Crippen LogP contribution >= 0.6 is 11.6 Å². The summed E-state index contributed by atoms with van der Waals surface area (Å²) in [4.78, 5) is 26.6. The van der Waals surface area contributed by atoms with Crippen molar-refractivity contribution >= 4 is 34.8 Å². The van der Waals surface area contributed by atoms with Gasteiger partial charge in [0.1, 0.15) is 5.82 Å². The minimum absolute atomic E-state index is 0.0314. The number of rotatable bonds is 4. The second kappa shape index (κ2) is 7.59. The summed E-state index contributed by atoms with van der Waals surface area (Å²) < 4.78 is 15.8. The molecule has 10 heteroatoms. The van der Waals surface area contributed by atoms with Crippen molar-refractivity contribution in [3.05, 3.63) is 58.6 Å². The molecule has 1 aliphatic heterocycles. The van der Waals surface area contributed by atoms with Gasteiger partial charge in [0.05, 0.1) is 22.6 Å². The quantitative estimate of drug-likeness (QED) is 0.708. The number of nitrogens with zero attached hydrogens (tertiary/aromatic N) is 5. The zero-order valence-corrected chi connectivity index (χ0v) is 16.1. The molecule has 0 atom stereocenters. The molecular weight excluding hydrogens is 399 g/mol. The molecule has 1 aromatic heterocycles. The Kier molecular flexibility index (Phi) is 4.98. The highest BCUT2D eigenvalue weighted by molar-refractivity contribution is 6.31. The normalized spacial score (nSPS) is 13.8. The number of aryl methyl sites for hydroxylation is 1. The van der Waals surface area contributed by atoms with Crippen LogP contribution in [0.2, 0.25) is 5.02 Å². The zero-order chi connectivity index (χ0) is 20.5. The van der Waals surface area contributed by atoms with E-state index in [0.29, 0.717) is 41.6 Å². The highest BCUT2D eigenvalue weighted by Gasteiger charge is 2.26. The summed E-state index contributed by atoms with van der Waals surface area (Å²) in [7, 11) is 0. The van der Waals surface area contributed by atoms with Crippen molar-refractivity contribution in [1.29, 1.82) is 0 Å². The van der Waals surface area contributed by atoms with E-state index >= 15 is 0 Å². The van der Waals surface area contributed by atoms with E-state index in [1.54, 1.807) is 19.1 Å². The van der Waals surface area contributed by atoms with Crippen LogP contribution in [0, 0.1) is 12.7 Å². The van der Waals surface area contributed by atoms with Crippen LogP contribution in [0.25, 0.3) is 5.69 Å². The Bertz CT molecular complexity index is 1120. The number of benzene rings is 2. The lowest BCUT2D eigenvalue weighted by molar-refractivity contribution is -0.117. The van der Waals surface area contributed by atoms with Crippen molar-refractivity contribution in [3.63, 3.8) is 0 Å². The van der Waals surface area contributed by atoms with Gasteiger partial charge in [0.15, 0.2) is 5.82 Å². The molecular formula is C19H16ClFN6O2. The molecule has 8 nitrogen and oxygen atoms in total. The van der Waals surface area contributed by atoms with Gasteiger partial charge >= 0.3 is 0 Å². The van der Waals surface area contributed by atoms with E-state index in [2.05, 4.69) is 20.8 Å². The number of anilines is 2. The van der Waals surface area contributed by atoms with E-state index in [1.807, 2.05) is 0 Å². The molecule has 1 aliphatic rings. The molecule has 1 N–H and O–H groups in total. The van der Waals surface area contributed by atoms with Crippen molar-refractivity contribution in [3.8, 4) is 5.69 Å². The Morgan fingerprint density at radius 3 is 2.76 bits per heavy atom. The number of hydrogen-bond acceptors (Lipinski definition) is 5. The maximum Gasteiger partial charge on any atom is 0.257 e. The second-order valence-electron chi connectivity index (χ2n) is 6.57. The smallest absolute Gasteiger partial charge is 0.257 e. The van der Waals surface area contributed by atoms with E-state index in [0.717, 1.165) is 0 Å². The molecule has 4 rings (SSSR count). The number of tetrazole rings is 1. The highest BCUT2D eigenvalue weighted by Crippen LogP contribution is 2.30. The second-order valence-corrected chi connectivity index (χ2v) is 7.00. The third-order valence-electron chi connectivity index (χ3n) is 4.64. The monoisotopic (exact) mass is 414 g/mol. The van der Waals surface area contributed by atoms with Gasteiger partial charge in [-0.1, -0.05) is 11.6 Å². The number of carbonyl (C=O) groups excluding carboxylic acids is 2. The van der Waals surface area contributed by atoms with Crippen molar-refractivity contribution in [2.75, 3.05) is 16.8 Å². The molecule has 0 saturated carbocycles. The Morgan fingerprint density at radius 1 is 1.24 bits per heavy atom. The first-order valence-corrected chi connectivity index (χ1v) is 9.28. The van der Waals surface area contributed by atoms with Gasteiger partial charge in [0, 0.05) is 18.0 Å². The summed E-state index contributed by atoms with van der Waals surface area (Å²) >= 11 is 6.07. The molecule has 1 fully saturated rings. The van der Waals surface area contributed by atoms with Crippen LogP contribution in [0.15, 0.2) is 36.4 Å². The number of hydrogen-bond donors (Lipinski definition) is 1. The molecule has 0 aliphatic carbocycles. The van der Waals surface area contributed by atoms with Gasteiger partial charge < -0.3 is 10.2 Å². The Labute approximate surface area is 170 Å². The van der Waals surface area contributed by atoms with Gasteiger partial charge in [-0.05, 0) is 60.2 Å². The van der Waals surface area contributed by atoms with Crippen molar-refractivity contribution in [2.24, 2.45) is 0 Å². The molecule has 148 valence electrons. The lowest BCUT2D eigenvalue weighted by Crippen LogP contribution is -2.27. The van der Waals surface area contributed by atoms with Crippen LogP contribution in [0.4, 0.5) is 15.8 Å². The zero-order valence-electron chi connectivity index (χ0n) is 15.4. The maximum absolute atomic E-state index is 14.4. The molecule has 0 unspecified atom stereocenters. The fourth-order valence-electron chi connectivity index (χ4n) is 3.22. The number of halogens is 2. The van der Waals surface area contributed by atoms with Crippen molar-refractivity contribution in [1.82, 2.24) is 20.2 Å². The number of carbonyl (C=O) groups is 2. The molecule has 3 aromatic rings. The summed E-state index contributed by atoms with van der Waals surface area (Å²) in [6, 6.07) is 8.80. The first-order chi connectivity index (χ1) is 13.9. The fourth-order valence-corrected chi connectivity index (χ4v) is 3.39. The van der Waals surface area contributed by atoms with Gasteiger partial charge in [-0.2, -0.15) is 4.68 Å². The van der Waals surface area contributed by atoms with Crippen LogP contribution in [0.3, 0.4) is 0 Å². The van der Waals surface area contributed by atoms with E-state index < -0.39 is 11.7 Å². The van der Waals surface area contributed by atoms with Gasteiger partial charge in [0.25, 0.3) is 5.91 Å². The minimum atomic E-state index is -0.611. The lowest BCUT2D eigenvalue weighted by atomic mass is 10.1. The average molecular weight is 415 g/mol. The third-order valence-corrected chi connectivity index (χ3v) is 4.87. The molecule has 2 heterocycles. The van der Waals surface area contributed by atoms with Crippen molar-refractivity contribution in [2.45, 2.75) is 19.8 Å². The standard InChI is InChI=1S/C19H16ClFN6O2/c1-11-23-24-25-27(11)13-5-7-15(21)16(10-13)22-19(29)14-6-4-12(20)9-17(14)26-8-2-3-18(26)28/h4-7,9-10H,2-3,8H2,1H3,(H,22,29). The van der Waals surface area contributed by atoms with Gasteiger partial charge in [-0.3, -0.25) is 9.59 Å². The Morgan fingerprint density at radius 2 is 2.07 bits per heavy atom. The predicted molar refractivity (Wildman–Crippen MR) is 105 cm³/mol. The SMILES string of the molecule is Cc1nnnn1-c1ccc(F)c(NC(=O)c2ccc(Cl)cc2N2CCCC2=O)c1. The van der Waals surface area contributed by atoms with Crippen LogP contribution in [0.1, 0.15) is 29.0 Å². The number of amides is 2. The topological polar surface area (TPSA) is 93.0 Å². The van der Waals surface area contributed by atoms with Crippen LogP contribution in [0.5, 0.6) is 0 Å². The summed E-state index contributed by atoms with van der Waals surface area (Å²) in [6.45, 7) is 2.20. The molecule has 2 aromatic carbocycles. The van der Waals surface area contributed by atoms with Gasteiger partial charge in [0.2, 0.25) is 5.91 Å². The largest absolute Gasteiger partial charge is 0.319 e. The maximum atomic E-state index is 14.4. The number of nitrogens with one attached hydrogen (secondary N) is 1.